The van der Waals surface area contributed by atoms with Gasteiger partial charge in [-0.05, 0) is 22.9 Å². The molecule has 0 aromatic carbocycles. The molecule has 4 nitrogen and oxygen atoms in total. The van der Waals surface area contributed by atoms with Crippen molar-refractivity contribution in [2.45, 2.75) is 12.3 Å². The third-order valence-corrected chi connectivity index (χ3v) is 1.82. The number of carbonyl (C=O) groups is 1. The summed E-state index contributed by atoms with van der Waals surface area (Å²) in [7, 11) is 0. The fourth-order valence-electron chi connectivity index (χ4n) is 0.586. The number of anilines is 1. The summed E-state index contributed by atoms with van der Waals surface area (Å²) in [5.74, 6) is -0.0651. The SMILES string of the molecule is CC(Cl)C(=O)Nc1ncc(Br)cn1. The maximum absolute atomic E-state index is 11.1. The van der Waals surface area contributed by atoms with E-state index in [9.17, 15) is 4.79 Å². The number of hydrogen-bond acceptors (Lipinski definition) is 3. The van der Waals surface area contributed by atoms with Crippen molar-refractivity contribution in [2.75, 3.05) is 5.32 Å². The second-order valence-corrected chi connectivity index (χ2v) is 3.90. The van der Waals surface area contributed by atoms with Gasteiger partial charge in [0.25, 0.3) is 0 Å². The summed E-state index contributed by atoms with van der Waals surface area (Å²) in [5.41, 5.74) is 0. The molecule has 0 aliphatic heterocycles. The largest absolute Gasteiger partial charge is 0.293 e. The molecule has 0 bridgehead atoms. The highest BCUT2D eigenvalue weighted by atomic mass is 79.9. The van der Waals surface area contributed by atoms with Crippen molar-refractivity contribution in [3.63, 3.8) is 0 Å². The monoisotopic (exact) mass is 263 g/mol. The topological polar surface area (TPSA) is 54.9 Å². The number of nitrogens with zero attached hydrogens (tertiary/aromatic N) is 2. The summed E-state index contributed by atoms with van der Waals surface area (Å²) in [5, 5.41) is 1.86. The number of rotatable bonds is 2. The highest BCUT2D eigenvalue weighted by Crippen LogP contribution is 2.07. The first kappa shape index (κ1) is 10.4. The van der Waals surface area contributed by atoms with Crippen LogP contribution in [0.4, 0.5) is 5.95 Å². The van der Waals surface area contributed by atoms with E-state index < -0.39 is 5.38 Å². The molecular formula is C7H7BrClN3O. The van der Waals surface area contributed by atoms with Crippen molar-refractivity contribution in [3.8, 4) is 0 Å². The highest BCUT2D eigenvalue weighted by Gasteiger charge is 2.09. The van der Waals surface area contributed by atoms with E-state index in [1.54, 1.807) is 19.3 Å². The minimum Gasteiger partial charge on any atom is -0.293 e. The van der Waals surface area contributed by atoms with Crippen molar-refractivity contribution < 1.29 is 4.79 Å². The van der Waals surface area contributed by atoms with Crippen molar-refractivity contribution in [1.29, 1.82) is 0 Å². The molecule has 1 heterocycles. The average Bonchev–Trinajstić information content (AvgIpc) is 2.08. The zero-order chi connectivity index (χ0) is 9.84. The van der Waals surface area contributed by atoms with Crippen LogP contribution in [0.15, 0.2) is 16.9 Å². The minimum absolute atomic E-state index is 0.251. The Balaban J connectivity index is 2.65. The van der Waals surface area contributed by atoms with Crippen LogP contribution in [0.1, 0.15) is 6.92 Å². The Bertz CT molecular complexity index is 301. The summed E-state index contributed by atoms with van der Waals surface area (Å²) >= 11 is 8.71. The number of nitrogens with one attached hydrogen (secondary N) is 1. The maximum Gasteiger partial charge on any atom is 0.244 e. The van der Waals surface area contributed by atoms with Gasteiger partial charge in [0.15, 0.2) is 0 Å². The molecule has 0 spiro atoms. The van der Waals surface area contributed by atoms with Crippen molar-refractivity contribution in [2.24, 2.45) is 0 Å². The third-order valence-electron chi connectivity index (χ3n) is 1.22. The average molecular weight is 265 g/mol. The molecule has 1 aromatic rings. The number of halogens is 2. The van der Waals surface area contributed by atoms with E-state index in [-0.39, 0.29) is 11.9 Å². The van der Waals surface area contributed by atoms with Gasteiger partial charge >= 0.3 is 0 Å². The van der Waals surface area contributed by atoms with Gasteiger partial charge < -0.3 is 0 Å². The number of hydrogen-bond donors (Lipinski definition) is 1. The Morgan fingerprint density at radius 2 is 2.15 bits per heavy atom. The molecule has 0 aliphatic rings. The van der Waals surface area contributed by atoms with E-state index in [1.165, 1.54) is 0 Å². The first-order chi connectivity index (χ1) is 6.09. The second kappa shape index (κ2) is 4.53. The van der Waals surface area contributed by atoms with E-state index in [0.717, 1.165) is 4.47 Å². The second-order valence-electron chi connectivity index (χ2n) is 2.33. The molecule has 1 atom stereocenters. The van der Waals surface area contributed by atoms with Gasteiger partial charge in [-0.25, -0.2) is 9.97 Å². The molecule has 0 saturated carbocycles. The van der Waals surface area contributed by atoms with Gasteiger partial charge in [0.05, 0.1) is 4.47 Å². The normalized spacial score (nSPS) is 12.2. The van der Waals surface area contributed by atoms with Gasteiger partial charge in [0, 0.05) is 12.4 Å². The molecule has 1 amide bonds. The zero-order valence-electron chi connectivity index (χ0n) is 6.79. The lowest BCUT2D eigenvalue weighted by Gasteiger charge is -2.03. The van der Waals surface area contributed by atoms with Crippen LogP contribution in [0.25, 0.3) is 0 Å². The molecule has 1 N–H and O–H groups in total. The molecule has 0 saturated heterocycles. The van der Waals surface area contributed by atoms with Crippen LogP contribution in [0, 0.1) is 0 Å². The standard InChI is InChI=1S/C7H7BrClN3O/c1-4(9)6(13)12-7-10-2-5(8)3-11-7/h2-4H,1H3,(H,10,11,12,13). The fraction of sp³-hybridized carbons (Fsp3) is 0.286. The number of amides is 1. The molecule has 13 heavy (non-hydrogen) atoms. The van der Waals surface area contributed by atoms with E-state index in [4.69, 9.17) is 11.6 Å². The summed E-state index contributed by atoms with van der Waals surface area (Å²) < 4.78 is 0.754. The van der Waals surface area contributed by atoms with Crippen molar-refractivity contribution in [3.05, 3.63) is 16.9 Å². The molecule has 0 aliphatic carbocycles. The zero-order valence-corrected chi connectivity index (χ0v) is 9.13. The van der Waals surface area contributed by atoms with Crippen LogP contribution in [0.2, 0.25) is 0 Å². The van der Waals surface area contributed by atoms with Crippen molar-refractivity contribution in [1.82, 2.24) is 9.97 Å². The molecule has 1 unspecified atom stereocenters. The summed E-state index contributed by atoms with van der Waals surface area (Å²) in [6, 6.07) is 0. The molecule has 6 heteroatoms. The molecule has 70 valence electrons. The fourth-order valence-corrected chi connectivity index (χ4v) is 0.846. The quantitative estimate of drug-likeness (QED) is 0.829. The smallest absolute Gasteiger partial charge is 0.244 e. The first-order valence-electron chi connectivity index (χ1n) is 3.52. The van der Waals surface area contributed by atoms with Crippen LogP contribution in [-0.4, -0.2) is 21.3 Å². The maximum atomic E-state index is 11.1. The Morgan fingerprint density at radius 3 is 2.62 bits per heavy atom. The van der Waals surface area contributed by atoms with Gasteiger partial charge in [-0.2, -0.15) is 0 Å². The third kappa shape index (κ3) is 3.28. The highest BCUT2D eigenvalue weighted by molar-refractivity contribution is 9.10. The van der Waals surface area contributed by atoms with Gasteiger partial charge in [0.1, 0.15) is 5.38 Å². The number of alkyl halides is 1. The lowest BCUT2D eigenvalue weighted by atomic mass is 10.4. The van der Waals surface area contributed by atoms with Crippen molar-refractivity contribution >= 4 is 39.4 Å². The predicted octanol–water partition coefficient (Wildman–Crippen LogP) is 1.80. The Morgan fingerprint density at radius 1 is 1.62 bits per heavy atom. The Kier molecular flexibility index (Phi) is 3.62. The molecule has 1 rings (SSSR count). The lowest BCUT2D eigenvalue weighted by molar-refractivity contribution is -0.115. The van der Waals surface area contributed by atoms with Crippen LogP contribution in [0.3, 0.4) is 0 Å². The van der Waals surface area contributed by atoms with Gasteiger partial charge in [-0.1, -0.05) is 0 Å². The van der Waals surface area contributed by atoms with E-state index in [0.29, 0.717) is 0 Å². The van der Waals surface area contributed by atoms with Crippen LogP contribution < -0.4 is 5.32 Å². The van der Waals surface area contributed by atoms with Gasteiger partial charge in [0.2, 0.25) is 11.9 Å². The summed E-state index contributed by atoms with van der Waals surface area (Å²) in [4.78, 5) is 18.8. The van der Waals surface area contributed by atoms with E-state index in [2.05, 4.69) is 31.2 Å². The predicted molar refractivity (Wildman–Crippen MR) is 53.7 cm³/mol. The van der Waals surface area contributed by atoms with E-state index in [1.807, 2.05) is 0 Å². The Labute approximate surface area is 88.8 Å². The first-order valence-corrected chi connectivity index (χ1v) is 4.75. The molecular weight excluding hydrogens is 257 g/mol. The molecule has 0 fully saturated rings. The summed E-state index contributed by atoms with van der Waals surface area (Å²) in [6.45, 7) is 1.58. The van der Waals surface area contributed by atoms with E-state index >= 15 is 0 Å². The lowest BCUT2D eigenvalue weighted by Crippen LogP contribution is -2.21. The summed E-state index contributed by atoms with van der Waals surface area (Å²) in [6.07, 6.45) is 3.09. The van der Waals surface area contributed by atoms with Crippen LogP contribution >= 0.6 is 27.5 Å². The van der Waals surface area contributed by atoms with Gasteiger partial charge in [-0.3, -0.25) is 10.1 Å². The number of carbonyl (C=O) groups excluding carboxylic acids is 1. The minimum atomic E-state index is -0.591. The number of aromatic nitrogens is 2. The Hall–Kier alpha value is -0.680. The van der Waals surface area contributed by atoms with Gasteiger partial charge in [-0.15, -0.1) is 11.6 Å². The molecule has 1 aromatic heterocycles. The van der Waals surface area contributed by atoms with Crippen LogP contribution in [-0.2, 0) is 4.79 Å². The van der Waals surface area contributed by atoms with Crippen LogP contribution in [0.5, 0.6) is 0 Å². The molecule has 0 radical (unpaired) electrons.